The summed E-state index contributed by atoms with van der Waals surface area (Å²) >= 11 is 0. The molecule has 0 aromatic heterocycles. The molecule has 21 heavy (non-hydrogen) atoms. The van der Waals surface area contributed by atoms with Gasteiger partial charge in [0.1, 0.15) is 6.04 Å². The van der Waals surface area contributed by atoms with E-state index in [4.69, 9.17) is 0 Å². The number of hydrogen-bond acceptors (Lipinski definition) is 3. The third-order valence-corrected chi connectivity index (χ3v) is 4.12. The summed E-state index contributed by atoms with van der Waals surface area (Å²) in [6.07, 6.45) is -3.60. The highest BCUT2D eigenvalue weighted by molar-refractivity contribution is 6.01. The molecule has 2 fully saturated rings. The van der Waals surface area contributed by atoms with E-state index in [1.165, 1.54) is 0 Å². The van der Waals surface area contributed by atoms with Crippen LogP contribution in [0, 0.1) is 11.8 Å². The quantitative estimate of drug-likeness (QED) is 0.755. The molecule has 5 nitrogen and oxygen atoms in total. The summed E-state index contributed by atoms with van der Waals surface area (Å²) in [6, 6.07) is -0.768. The topological polar surface area (TPSA) is 75.3 Å². The summed E-state index contributed by atoms with van der Waals surface area (Å²) in [7, 11) is 0. The fourth-order valence-electron chi connectivity index (χ4n) is 2.80. The average Bonchev–Trinajstić information content (AvgIpc) is 2.41. The van der Waals surface area contributed by atoms with Gasteiger partial charge in [-0.1, -0.05) is 0 Å². The predicted octanol–water partition coefficient (Wildman–Crippen LogP) is 1.28. The van der Waals surface area contributed by atoms with Crippen LogP contribution in [0.5, 0.6) is 0 Å². The third kappa shape index (κ3) is 3.95. The molecule has 1 atom stereocenters. The van der Waals surface area contributed by atoms with E-state index in [1.54, 1.807) is 0 Å². The van der Waals surface area contributed by atoms with E-state index in [1.807, 2.05) is 0 Å². The van der Waals surface area contributed by atoms with Crippen molar-refractivity contribution in [3.8, 4) is 0 Å². The summed E-state index contributed by atoms with van der Waals surface area (Å²) < 4.78 is 37.6. The van der Waals surface area contributed by atoms with Crippen molar-refractivity contribution in [2.75, 3.05) is 0 Å². The van der Waals surface area contributed by atoms with Crippen LogP contribution in [0.1, 0.15) is 38.5 Å². The molecule has 2 rings (SSSR count). The summed E-state index contributed by atoms with van der Waals surface area (Å²) in [5.74, 6) is -3.16. The molecule has 0 bridgehead atoms. The maximum absolute atomic E-state index is 12.5. The van der Waals surface area contributed by atoms with Crippen LogP contribution in [0.3, 0.4) is 0 Å². The molecule has 0 spiro atoms. The van der Waals surface area contributed by atoms with Crippen LogP contribution in [-0.2, 0) is 14.4 Å². The van der Waals surface area contributed by atoms with Gasteiger partial charge in [0.05, 0.1) is 5.92 Å². The summed E-state index contributed by atoms with van der Waals surface area (Å²) in [5.41, 5.74) is 0. The largest absolute Gasteiger partial charge is 0.391 e. The van der Waals surface area contributed by atoms with E-state index in [9.17, 15) is 27.6 Å². The number of carbonyl (C=O) groups excluding carboxylic acids is 3. The zero-order valence-electron chi connectivity index (χ0n) is 11.3. The lowest BCUT2D eigenvalue weighted by molar-refractivity contribution is -0.184. The lowest BCUT2D eigenvalue weighted by Gasteiger charge is -2.30. The number of nitrogens with one attached hydrogen (secondary N) is 2. The van der Waals surface area contributed by atoms with Crippen molar-refractivity contribution in [3.05, 3.63) is 0 Å². The second kappa shape index (κ2) is 6.03. The van der Waals surface area contributed by atoms with Gasteiger partial charge in [0, 0.05) is 12.3 Å². The van der Waals surface area contributed by atoms with Gasteiger partial charge in [-0.05, 0) is 32.1 Å². The number of carbonyl (C=O) groups is 3. The summed E-state index contributed by atoms with van der Waals surface area (Å²) in [4.78, 5) is 34.5. The molecule has 8 heteroatoms. The van der Waals surface area contributed by atoms with Gasteiger partial charge in [0.15, 0.2) is 0 Å². The van der Waals surface area contributed by atoms with Crippen LogP contribution in [-0.4, -0.2) is 29.9 Å². The zero-order chi connectivity index (χ0) is 15.6. The Hall–Kier alpha value is -1.60. The Morgan fingerprint density at radius 1 is 1.10 bits per heavy atom. The van der Waals surface area contributed by atoms with Crippen LogP contribution in [0.25, 0.3) is 0 Å². The molecule has 118 valence electrons. The average molecular weight is 306 g/mol. The van der Waals surface area contributed by atoms with Crippen molar-refractivity contribution in [1.29, 1.82) is 0 Å². The number of amides is 3. The second-order valence-electron chi connectivity index (χ2n) is 5.60. The highest BCUT2D eigenvalue weighted by Crippen LogP contribution is 2.39. The number of hydrogen-bond donors (Lipinski definition) is 2. The van der Waals surface area contributed by atoms with Crippen LogP contribution in [0.15, 0.2) is 0 Å². The Labute approximate surface area is 119 Å². The highest BCUT2D eigenvalue weighted by atomic mass is 19.4. The Balaban J connectivity index is 1.82. The Morgan fingerprint density at radius 2 is 1.71 bits per heavy atom. The van der Waals surface area contributed by atoms with Crippen molar-refractivity contribution in [3.63, 3.8) is 0 Å². The van der Waals surface area contributed by atoms with Gasteiger partial charge in [0.2, 0.25) is 17.7 Å². The van der Waals surface area contributed by atoms with E-state index in [0.29, 0.717) is 0 Å². The number of piperidine rings is 1. The van der Waals surface area contributed by atoms with Crippen molar-refractivity contribution < 1.29 is 27.6 Å². The first-order valence-electron chi connectivity index (χ1n) is 6.98. The number of alkyl halides is 3. The van der Waals surface area contributed by atoms with Crippen molar-refractivity contribution >= 4 is 17.7 Å². The first-order valence-corrected chi connectivity index (χ1v) is 6.98. The molecular formula is C13H17F3N2O3. The fourth-order valence-corrected chi connectivity index (χ4v) is 2.80. The maximum atomic E-state index is 12.5. The van der Waals surface area contributed by atoms with Gasteiger partial charge in [-0.3, -0.25) is 19.7 Å². The molecular weight excluding hydrogens is 289 g/mol. The van der Waals surface area contributed by atoms with Crippen molar-refractivity contribution in [2.24, 2.45) is 11.8 Å². The number of imide groups is 1. The van der Waals surface area contributed by atoms with Crippen LogP contribution >= 0.6 is 0 Å². The minimum atomic E-state index is -4.20. The zero-order valence-corrected chi connectivity index (χ0v) is 11.3. The molecule has 1 heterocycles. The van der Waals surface area contributed by atoms with E-state index in [2.05, 4.69) is 10.6 Å². The summed E-state index contributed by atoms with van der Waals surface area (Å²) in [5, 5.41) is 4.65. The van der Waals surface area contributed by atoms with E-state index < -0.39 is 35.9 Å². The molecule has 3 amide bonds. The molecule has 2 N–H and O–H groups in total. The van der Waals surface area contributed by atoms with Gasteiger partial charge < -0.3 is 5.32 Å². The SMILES string of the molecule is O=C1CCC(NC(=O)C2CCC(C(F)(F)F)CC2)C(=O)N1. The first kappa shape index (κ1) is 15.8. The molecule has 0 aromatic rings. The fraction of sp³-hybridized carbons (Fsp3) is 0.769. The van der Waals surface area contributed by atoms with Gasteiger partial charge in [-0.15, -0.1) is 0 Å². The summed E-state index contributed by atoms with van der Waals surface area (Å²) in [6.45, 7) is 0. The Kier molecular flexibility index (Phi) is 4.53. The van der Waals surface area contributed by atoms with Crippen LogP contribution in [0.4, 0.5) is 13.2 Å². The van der Waals surface area contributed by atoms with Crippen molar-refractivity contribution in [2.45, 2.75) is 50.7 Å². The maximum Gasteiger partial charge on any atom is 0.391 e. The molecule has 0 radical (unpaired) electrons. The third-order valence-electron chi connectivity index (χ3n) is 4.12. The molecule has 1 aliphatic carbocycles. The first-order chi connectivity index (χ1) is 9.77. The minimum Gasteiger partial charge on any atom is -0.344 e. The van der Waals surface area contributed by atoms with Crippen molar-refractivity contribution in [1.82, 2.24) is 10.6 Å². The molecule has 2 aliphatic rings. The van der Waals surface area contributed by atoms with Crippen LogP contribution < -0.4 is 10.6 Å². The van der Waals surface area contributed by atoms with Gasteiger partial charge in [-0.2, -0.15) is 13.2 Å². The molecule has 0 aromatic carbocycles. The highest BCUT2D eigenvalue weighted by Gasteiger charge is 2.42. The minimum absolute atomic E-state index is 0.0586. The van der Waals surface area contributed by atoms with E-state index in [0.717, 1.165) is 0 Å². The monoisotopic (exact) mass is 306 g/mol. The lowest BCUT2D eigenvalue weighted by Crippen LogP contribution is -2.53. The Morgan fingerprint density at radius 3 is 2.24 bits per heavy atom. The number of rotatable bonds is 2. The second-order valence-corrected chi connectivity index (χ2v) is 5.60. The molecule has 1 unspecified atom stereocenters. The Bertz CT molecular complexity index is 442. The smallest absolute Gasteiger partial charge is 0.344 e. The number of halogens is 3. The van der Waals surface area contributed by atoms with Crippen LogP contribution in [0.2, 0.25) is 0 Å². The van der Waals surface area contributed by atoms with E-state index in [-0.39, 0.29) is 44.4 Å². The van der Waals surface area contributed by atoms with E-state index >= 15 is 0 Å². The molecule has 1 saturated carbocycles. The molecule has 1 saturated heterocycles. The molecule has 1 aliphatic heterocycles. The van der Waals surface area contributed by atoms with Gasteiger partial charge in [-0.25, -0.2) is 0 Å². The predicted molar refractivity (Wildman–Crippen MR) is 65.8 cm³/mol. The van der Waals surface area contributed by atoms with Gasteiger partial charge >= 0.3 is 6.18 Å². The lowest BCUT2D eigenvalue weighted by atomic mass is 9.81. The van der Waals surface area contributed by atoms with Gasteiger partial charge in [0.25, 0.3) is 0 Å². The standard InChI is InChI=1S/C13H17F3N2O3/c14-13(15,16)8-3-1-7(2-4-8)11(20)17-9-5-6-10(19)18-12(9)21/h7-9H,1-6H2,(H,17,20)(H,18,19,21). The normalized spacial score (nSPS) is 30.7.